The molecule has 1 fully saturated rings. The zero-order chi connectivity index (χ0) is 14.0. The number of hydrogen-bond acceptors (Lipinski definition) is 3. The summed E-state index contributed by atoms with van der Waals surface area (Å²) >= 11 is 0. The van der Waals surface area contributed by atoms with Gasteiger partial charge in [0.1, 0.15) is 0 Å². The van der Waals surface area contributed by atoms with Crippen molar-refractivity contribution < 1.29 is 18.3 Å². The molecular formula is C13H17NO4S. The smallest absolute Gasteiger partial charge is 0.335 e. The fourth-order valence-corrected chi connectivity index (χ4v) is 3.54. The zero-order valence-electron chi connectivity index (χ0n) is 10.7. The van der Waals surface area contributed by atoms with E-state index in [1.165, 1.54) is 24.3 Å². The van der Waals surface area contributed by atoms with Gasteiger partial charge in [0.15, 0.2) is 0 Å². The van der Waals surface area contributed by atoms with Crippen molar-refractivity contribution in [2.75, 3.05) is 0 Å². The summed E-state index contributed by atoms with van der Waals surface area (Å²) in [5.74, 6) is -0.666. The van der Waals surface area contributed by atoms with Gasteiger partial charge in [-0.3, -0.25) is 0 Å². The maximum Gasteiger partial charge on any atom is 0.335 e. The minimum atomic E-state index is -3.34. The molecule has 0 amide bonds. The van der Waals surface area contributed by atoms with Crippen LogP contribution in [-0.4, -0.2) is 25.5 Å². The Bertz CT molecular complexity index is 565. The lowest BCUT2D eigenvalue weighted by Crippen LogP contribution is -2.28. The Labute approximate surface area is 112 Å². The Hall–Kier alpha value is -1.40. The van der Waals surface area contributed by atoms with Crippen LogP contribution in [0.2, 0.25) is 0 Å². The van der Waals surface area contributed by atoms with Crippen LogP contribution in [-0.2, 0) is 15.8 Å². The third-order valence-corrected chi connectivity index (χ3v) is 4.71. The monoisotopic (exact) mass is 283 g/mol. The summed E-state index contributed by atoms with van der Waals surface area (Å²) < 4.78 is 26.5. The lowest BCUT2D eigenvalue weighted by Gasteiger charge is -2.06. The Morgan fingerprint density at radius 1 is 1.37 bits per heavy atom. The highest BCUT2D eigenvalue weighted by atomic mass is 32.2. The molecule has 1 saturated carbocycles. The van der Waals surface area contributed by atoms with Gasteiger partial charge in [-0.05, 0) is 30.0 Å². The molecule has 0 heterocycles. The van der Waals surface area contributed by atoms with E-state index in [1.54, 1.807) is 0 Å². The first-order valence-corrected chi connectivity index (χ1v) is 7.88. The summed E-state index contributed by atoms with van der Waals surface area (Å²) in [4.78, 5) is 10.7. The molecule has 2 rings (SSSR count). The van der Waals surface area contributed by atoms with Crippen molar-refractivity contribution >= 4 is 16.0 Å². The van der Waals surface area contributed by atoms with Crippen molar-refractivity contribution in [3.63, 3.8) is 0 Å². The third-order valence-electron chi connectivity index (χ3n) is 3.34. The van der Waals surface area contributed by atoms with Crippen LogP contribution in [0.3, 0.4) is 0 Å². The van der Waals surface area contributed by atoms with Gasteiger partial charge in [0, 0.05) is 6.04 Å². The highest BCUT2D eigenvalue weighted by molar-refractivity contribution is 7.88. The van der Waals surface area contributed by atoms with Crippen LogP contribution < -0.4 is 4.72 Å². The van der Waals surface area contributed by atoms with Crippen molar-refractivity contribution in [3.8, 4) is 0 Å². The summed E-state index contributed by atoms with van der Waals surface area (Å²) in [6, 6.07) is 5.98. The number of carboxylic acid groups (broad SMARTS) is 1. The predicted molar refractivity (Wildman–Crippen MR) is 71.3 cm³/mol. The standard InChI is InChI=1S/C13H17NO4S/c1-2-10-7-12(10)14-19(17,18)8-9-3-5-11(6-4-9)13(15)16/h3-6,10,12,14H,2,7-8H2,1H3,(H,15,16). The van der Waals surface area contributed by atoms with E-state index in [0.29, 0.717) is 11.5 Å². The van der Waals surface area contributed by atoms with Crippen LogP contribution in [0.25, 0.3) is 0 Å². The summed E-state index contributed by atoms with van der Waals surface area (Å²) in [5.41, 5.74) is 0.744. The summed E-state index contributed by atoms with van der Waals surface area (Å²) in [6.07, 6.45) is 1.90. The number of nitrogens with one attached hydrogen (secondary N) is 1. The van der Waals surface area contributed by atoms with Gasteiger partial charge in [-0.25, -0.2) is 17.9 Å². The van der Waals surface area contributed by atoms with E-state index in [4.69, 9.17) is 5.11 Å². The number of sulfonamides is 1. The molecule has 0 aromatic heterocycles. The Morgan fingerprint density at radius 2 is 2.00 bits per heavy atom. The molecule has 2 N–H and O–H groups in total. The van der Waals surface area contributed by atoms with E-state index in [1.807, 2.05) is 6.92 Å². The molecule has 0 saturated heterocycles. The topological polar surface area (TPSA) is 83.5 Å². The van der Waals surface area contributed by atoms with Gasteiger partial charge in [-0.15, -0.1) is 0 Å². The van der Waals surface area contributed by atoms with Crippen molar-refractivity contribution in [1.82, 2.24) is 4.72 Å². The molecule has 1 aromatic carbocycles. The zero-order valence-corrected chi connectivity index (χ0v) is 11.5. The fraction of sp³-hybridized carbons (Fsp3) is 0.462. The number of carboxylic acids is 1. The van der Waals surface area contributed by atoms with E-state index in [2.05, 4.69) is 4.72 Å². The molecule has 0 radical (unpaired) electrons. The van der Waals surface area contributed by atoms with E-state index in [9.17, 15) is 13.2 Å². The summed E-state index contributed by atoms with van der Waals surface area (Å²) in [6.45, 7) is 2.05. The first kappa shape index (κ1) is 14.0. The minimum absolute atomic E-state index is 0.0771. The van der Waals surface area contributed by atoms with Gasteiger partial charge < -0.3 is 5.11 Å². The van der Waals surface area contributed by atoms with Crippen molar-refractivity contribution in [3.05, 3.63) is 35.4 Å². The molecular weight excluding hydrogens is 266 g/mol. The van der Waals surface area contributed by atoms with Gasteiger partial charge >= 0.3 is 5.97 Å². The van der Waals surface area contributed by atoms with Gasteiger partial charge in [-0.2, -0.15) is 0 Å². The summed E-state index contributed by atoms with van der Waals surface area (Å²) in [7, 11) is -3.34. The Morgan fingerprint density at radius 3 is 2.47 bits per heavy atom. The molecule has 2 unspecified atom stereocenters. The molecule has 6 heteroatoms. The fourth-order valence-electron chi connectivity index (χ4n) is 2.08. The minimum Gasteiger partial charge on any atom is -0.478 e. The number of aromatic carboxylic acids is 1. The average Bonchev–Trinajstić information content (AvgIpc) is 3.06. The van der Waals surface area contributed by atoms with Crippen LogP contribution in [0.1, 0.15) is 35.7 Å². The number of rotatable bonds is 6. The third kappa shape index (κ3) is 3.78. The van der Waals surface area contributed by atoms with Crippen LogP contribution in [0, 0.1) is 5.92 Å². The van der Waals surface area contributed by atoms with Crippen molar-refractivity contribution in [2.24, 2.45) is 5.92 Å². The molecule has 5 nitrogen and oxygen atoms in total. The van der Waals surface area contributed by atoms with Gasteiger partial charge in [0.25, 0.3) is 0 Å². The number of carbonyl (C=O) groups is 1. The molecule has 1 aromatic rings. The normalized spacial score (nSPS) is 22.2. The Kier molecular flexibility index (Phi) is 3.91. The first-order valence-electron chi connectivity index (χ1n) is 6.23. The van der Waals surface area contributed by atoms with Crippen LogP contribution in [0.15, 0.2) is 24.3 Å². The molecule has 1 aliphatic rings. The largest absolute Gasteiger partial charge is 0.478 e. The van der Waals surface area contributed by atoms with Gasteiger partial charge in [-0.1, -0.05) is 25.5 Å². The van der Waals surface area contributed by atoms with Crippen LogP contribution in [0.4, 0.5) is 0 Å². The Balaban J connectivity index is 1.98. The lowest BCUT2D eigenvalue weighted by atomic mass is 10.1. The first-order chi connectivity index (χ1) is 8.91. The van der Waals surface area contributed by atoms with Crippen molar-refractivity contribution in [2.45, 2.75) is 31.6 Å². The quantitative estimate of drug-likeness (QED) is 0.830. The number of benzene rings is 1. The molecule has 0 spiro atoms. The molecule has 104 valence electrons. The molecule has 1 aliphatic carbocycles. The predicted octanol–water partition coefficient (Wildman–Crippen LogP) is 1.60. The SMILES string of the molecule is CCC1CC1NS(=O)(=O)Cc1ccc(C(=O)O)cc1. The van der Waals surface area contributed by atoms with Crippen LogP contribution in [0.5, 0.6) is 0 Å². The van der Waals surface area contributed by atoms with E-state index >= 15 is 0 Å². The van der Waals surface area contributed by atoms with Gasteiger partial charge in [0.05, 0.1) is 11.3 Å². The summed E-state index contributed by atoms with van der Waals surface area (Å²) in [5, 5.41) is 8.76. The molecule has 2 atom stereocenters. The highest BCUT2D eigenvalue weighted by Gasteiger charge is 2.38. The second kappa shape index (κ2) is 5.30. The van der Waals surface area contributed by atoms with Crippen molar-refractivity contribution in [1.29, 1.82) is 0 Å². The molecule has 0 aliphatic heterocycles. The number of hydrogen-bond donors (Lipinski definition) is 2. The maximum absolute atomic E-state index is 11.9. The van der Waals surface area contributed by atoms with E-state index in [-0.39, 0.29) is 17.4 Å². The van der Waals surface area contributed by atoms with Gasteiger partial charge in [0.2, 0.25) is 10.0 Å². The second-order valence-electron chi connectivity index (χ2n) is 4.89. The van der Waals surface area contributed by atoms with E-state index in [0.717, 1.165) is 12.8 Å². The van der Waals surface area contributed by atoms with Crippen LogP contribution >= 0.6 is 0 Å². The second-order valence-corrected chi connectivity index (χ2v) is 6.64. The van der Waals surface area contributed by atoms with E-state index < -0.39 is 16.0 Å². The highest BCUT2D eigenvalue weighted by Crippen LogP contribution is 2.33. The maximum atomic E-state index is 11.9. The lowest BCUT2D eigenvalue weighted by molar-refractivity contribution is 0.0697. The molecule has 0 bridgehead atoms. The average molecular weight is 283 g/mol. The molecule has 19 heavy (non-hydrogen) atoms.